The lowest BCUT2D eigenvalue weighted by Gasteiger charge is -2.37. The van der Waals surface area contributed by atoms with Gasteiger partial charge in [0.2, 0.25) is 5.91 Å². The van der Waals surface area contributed by atoms with Gasteiger partial charge in [0.05, 0.1) is 58.3 Å². The van der Waals surface area contributed by atoms with Crippen LogP contribution in [0.3, 0.4) is 0 Å². The zero-order chi connectivity index (χ0) is 39.0. The summed E-state index contributed by atoms with van der Waals surface area (Å²) >= 11 is 0. The summed E-state index contributed by atoms with van der Waals surface area (Å²) in [6.07, 6.45) is 2.21. The van der Waals surface area contributed by atoms with Gasteiger partial charge in [-0.25, -0.2) is 0 Å². The summed E-state index contributed by atoms with van der Waals surface area (Å²) in [5, 5.41) is 23.8. The largest absolute Gasteiger partial charge is 0.497 e. The number of methoxy groups -OCH3 is 1. The van der Waals surface area contributed by atoms with Crippen LogP contribution in [-0.4, -0.2) is 79.4 Å². The van der Waals surface area contributed by atoms with Gasteiger partial charge >= 0.3 is 0 Å². The Bertz CT molecular complexity index is 2180. The summed E-state index contributed by atoms with van der Waals surface area (Å²) < 4.78 is 14.8. The number of hydrogen-bond acceptors (Lipinski definition) is 8. The Kier molecular flexibility index (Phi) is 10.4. The number of amides is 2. The number of aryl methyl sites for hydroxylation is 1. The summed E-state index contributed by atoms with van der Waals surface area (Å²) in [4.78, 5) is 32.2. The fourth-order valence-electron chi connectivity index (χ4n) is 9.44. The molecule has 5 atom stereocenters. The average molecular weight is 771 g/mol. The Hall–Kier alpha value is -5.14. The lowest BCUT2D eigenvalue weighted by atomic mass is 9.82. The highest BCUT2D eigenvalue weighted by Crippen LogP contribution is 2.60. The van der Waals surface area contributed by atoms with E-state index in [4.69, 9.17) is 9.47 Å². The molecule has 1 spiro atoms. The van der Waals surface area contributed by atoms with Gasteiger partial charge in [-0.1, -0.05) is 103 Å². The topological polar surface area (TPSA) is 122 Å². The number of aliphatic hydroxyl groups excluding tert-OH is 1. The van der Waals surface area contributed by atoms with E-state index in [1.807, 2.05) is 112 Å². The number of ether oxygens (including phenoxy) is 2. The molecule has 2 saturated heterocycles. The van der Waals surface area contributed by atoms with Crippen LogP contribution in [0.15, 0.2) is 109 Å². The minimum atomic E-state index is -2.41. The second kappa shape index (κ2) is 15.4. The molecule has 3 aliphatic heterocycles. The van der Waals surface area contributed by atoms with Crippen molar-refractivity contribution in [3.8, 4) is 5.75 Å². The van der Waals surface area contributed by atoms with E-state index in [2.05, 4.69) is 47.8 Å². The van der Waals surface area contributed by atoms with Crippen LogP contribution in [0.5, 0.6) is 5.75 Å². The third-order valence-corrected chi connectivity index (χ3v) is 16.7. The molecular weight excluding hydrogens is 721 g/mol. The Morgan fingerprint density at radius 3 is 2.43 bits per heavy atom. The van der Waals surface area contributed by atoms with Crippen LogP contribution in [0.25, 0.3) is 0 Å². The van der Waals surface area contributed by atoms with E-state index < -0.39 is 13.7 Å². The molecule has 2 N–H and O–H groups in total. The maximum absolute atomic E-state index is 15.4. The first-order chi connectivity index (χ1) is 27.1. The standard InChI is InChI=1S/C44H50N6O5Si/c1-30-42(56(3,4)35-18-16-34(54-2)17-19-35)40(21-23-48-28-38(46-47-48)36(29-51)32-13-9-6-10-14-32)55-44(30)37-25-33(49-24-22-45-26-41(49)52)15-20-39(37)50(43(44)53)27-31-11-7-5-8-12-31/h5-20,25,28,30,36,40,42,45,51H,21-24,26-27,29H2,1-4H3/t30-,36?,40+,42-,44+/m1/s1. The van der Waals surface area contributed by atoms with Crippen molar-refractivity contribution in [2.45, 2.75) is 62.7 Å². The number of fused-ring (bicyclic) bond motifs is 2. The highest BCUT2D eigenvalue weighted by Gasteiger charge is 2.66. The molecule has 8 rings (SSSR count). The minimum Gasteiger partial charge on any atom is -0.497 e. The van der Waals surface area contributed by atoms with Crippen LogP contribution in [-0.2, 0) is 33.0 Å². The predicted octanol–water partition coefficient (Wildman–Crippen LogP) is 5.20. The number of hydrogen-bond donors (Lipinski definition) is 2. The fraction of sp³-hybridized carbons (Fsp3) is 0.364. The van der Waals surface area contributed by atoms with Crippen LogP contribution in [0, 0.1) is 5.92 Å². The molecule has 1 unspecified atom stereocenters. The smallest absolute Gasteiger partial charge is 0.264 e. The monoisotopic (exact) mass is 770 g/mol. The first-order valence-corrected chi connectivity index (χ1v) is 22.6. The summed E-state index contributed by atoms with van der Waals surface area (Å²) in [7, 11) is -0.733. The molecule has 5 aromatic rings. The van der Waals surface area contributed by atoms with Crippen LogP contribution in [0.2, 0.25) is 18.6 Å². The van der Waals surface area contributed by atoms with Gasteiger partial charge in [-0.3, -0.25) is 14.3 Å². The predicted molar refractivity (Wildman–Crippen MR) is 219 cm³/mol. The van der Waals surface area contributed by atoms with E-state index in [1.165, 1.54) is 5.19 Å². The van der Waals surface area contributed by atoms with Crippen molar-refractivity contribution in [1.82, 2.24) is 20.3 Å². The molecule has 2 amide bonds. The number of nitrogens with zero attached hydrogens (tertiary/aromatic N) is 5. The molecule has 0 saturated carbocycles. The third-order valence-electron chi connectivity index (χ3n) is 12.3. The molecule has 12 heteroatoms. The van der Waals surface area contributed by atoms with Crippen LogP contribution < -0.4 is 25.0 Å². The van der Waals surface area contributed by atoms with E-state index in [-0.39, 0.29) is 48.4 Å². The number of carbonyl (C=O) groups is 2. The Morgan fingerprint density at radius 1 is 1.00 bits per heavy atom. The van der Waals surface area contributed by atoms with Gasteiger partial charge in [-0.15, -0.1) is 5.10 Å². The lowest BCUT2D eigenvalue weighted by molar-refractivity contribution is -0.146. The molecule has 3 aliphatic rings. The maximum Gasteiger partial charge on any atom is 0.264 e. The van der Waals surface area contributed by atoms with E-state index >= 15 is 4.79 Å². The van der Waals surface area contributed by atoms with Crippen molar-refractivity contribution in [3.63, 3.8) is 0 Å². The van der Waals surface area contributed by atoms with Gasteiger partial charge in [0.25, 0.3) is 5.91 Å². The number of aliphatic hydroxyl groups is 1. The average Bonchev–Trinajstić information content (AvgIpc) is 3.88. The van der Waals surface area contributed by atoms with E-state index in [9.17, 15) is 9.90 Å². The molecule has 290 valence electrons. The van der Waals surface area contributed by atoms with E-state index in [0.717, 1.165) is 33.8 Å². The summed E-state index contributed by atoms with van der Waals surface area (Å²) in [5.41, 5.74) is 3.86. The zero-order valence-corrected chi connectivity index (χ0v) is 33.5. The van der Waals surface area contributed by atoms with Crippen molar-refractivity contribution in [2.75, 3.05) is 43.2 Å². The van der Waals surface area contributed by atoms with Gasteiger partial charge in [-0.2, -0.15) is 0 Å². The van der Waals surface area contributed by atoms with Gasteiger partial charge < -0.3 is 29.7 Å². The molecule has 0 bridgehead atoms. The molecule has 0 aliphatic carbocycles. The molecule has 11 nitrogen and oxygen atoms in total. The number of aromatic nitrogens is 3. The number of nitrogens with one attached hydrogen (secondary N) is 1. The van der Waals surface area contributed by atoms with E-state index in [0.29, 0.717) is 38.3 Å². The van der Waals surface area contributed by atoms with Gasteiger partial charge in [-0.05, 0) is 53.4 Å². The van der Waals surface area contributed by atoms with Gasteiger partial charge in [0.15, 0.2) is 5.60 Å². The van der Waals surface area contributed by atoms with Gasteiger partial charge in [0, 0.05) is 43.0 Å². The highest BCUT2D eigenvalue weighted by atomic mass is 28.3. The summed E-state index contributed by atoms with van der Waals surface area (Å²) in [5.74, 6) is 0.233. The molecule has 1 aromatic heterocycles. The highest BCUT2D eigenvalue weighted by molar-refractivity contribution is 6.91. The van der Waals surface area contributed by atoms with Crippen molar-refractivity contribution < 1.29 is 24.2 Å². The molecule has 4 aromatic carbocycles. The normalized spacial score (nSPS) is 22.8. The minimum absolute atomic E-state index is 0.00260. The maximum atomic E-state index is 15.4. The Labute approximate surface area is 329 Å². The number of rotatable bonds is 12. The molecule has 0 radical (unpaired) electrons. The number of carbonyl (C=O) groups excluding carboxylic acids is 2. The Morgan fingerprint density at radius 2 is 1.73 bits per heavy atom. The van der Waals surface area contributed by atoms with Crippen molar-refractivity contribution >= 4 is 36.4 Å². The first kappa shape index (κ1) is 37.8. The SMILES string of the molecule is COc1ccc([Si](C)(C)[C@H]2[C@H](CCn3cc(C(CO)c4ccccc4)nn3)O[C@@]3(C(=O)N(Cc4ccccc4)c4ccc(N5CCNCC5=O)cc43)[C@@H]2C)cc1. The lowest BCUT2D eigenvalue weighted by Crippen LogP contribution is -2.52. The molecule has 4 heterocycles. The molecule has 56 heavy (non-hydrogen) atoms. The number of benzene rings is 4. The van der Waals surface area contributed by atoms with Crippen molar-refractivity contribution in [1.29, 1.82) is 0 Å². The first-order valence-electron chi connectivity index (χ1n) is 19.6. The third kappa shape index (κ3) is 6.64. The second-order valence-corrected chi connectivity index (χ2v) is 20.5. The Balaban J connectivity index is 1.19. The quantitative estimate of drug-likeness (QED) is 0.166. The van der Waals surface area contributed by atoms with Crippen LogP contribution in [0.4, 0.5) is 11.4 Å². The summed E-state index contributed by atoms with van der Waals surface area (Å²) in [6, 6.07) is 34.3. The van der Waals surface area contributed by atoms with Crippen LogP contribution >= 0.6 is 0 Å². The molecular formula is C44H50N6O5Si. The fourth-order valence-corrected chi connectivity index (χ4v) is 13.5. The molecule has 2 fully saturated rings. The second-order valence-electron chi connectivity index (χ2n) is 15.8. The van der Waals surface area contributed by atoms with Gasteiger partial charge in [0.1, 0.15) is 5.75 Å². The number of anilines is 2. The van der Waals surface area contributed by atoms with Crippen molar-refractivity contribution in [2.24, 2.45) is 5.92 Å². The van der Waals surface area contributed by atoms with Crippen molar-refractivity contribution in [3.05, 3.63) is 132 Å². The zero-order valence-electron chi connectivity index (χ0n) is 32.5. The van der Waals surface area contributed by atoms with E-state index in [1.54, 1.807) is 7.11 Å². The van der Waals surface area contributed by atoms with Crippen LogP contribution in [0.1, 0.15) is 41.6 Å². The number of piperazine rings is 1. The summed E-state index contributed by atoms with van der Waals surface area (Å²) in [6.45, 7) is 9.30.